The van der Waals surface area contributed by atoms with Crippen molar-refractivity contribution in [3.05, 3.63) is 59.7 Å². The Hall–Kier alpha value is -3.78. The highest BCUT2D eigenvalue weighted by atomic mass is 32.1. The number of pyridine rings is 1. The first kappa shape index (κ1) is 16.4. The number of carbonyl (C=O) groups excluding carboxylic acids is 1. The Balaban J connectivity index is 1.85. The van der Waals surface area contributed by atoms with Crippen molar-refractivity contribution in [1.82, 2.24) is 15.0 Å². The van der Waals surface area contributed by atoms with Gasteiger partial charge in [-0.1, -0.05) is 18.2 Å². The smallest absolute Gasteiger partial charge is 0.260 e. The Labute approximate surface area is 162 Å². The Morgan fingerprint density at radius 2 is 1.96 bits per heavy atom. The number of carbonyl (C=O) groups is 1. The molecular weight excluding hydrogens is 374 g/mol. The van der Waals surface area contributed by atoms with E-state index in [0.717, 1.165) is 27.9 Å². The minimum absolute atomic E-state index is 0.255. The monoisotopic (exact) mass is 387 g/mol. The van der Waals surface area contributed by atoms with Gasteiger partial charge in [0.1, 0.15) is 21.0 Å². The molecule has 4 heterocycles. The summed E-state index contributed by atoms with van der Waals surface area (Å²) in [5, 5.41) is 1.50. The van der Waals surface area contributed by atoms with E-state index in [1.807, 2.05) is 36.4 Å². The molecule has 0 unspecified atom stereocenters. The van der Waals surface area contributed by atoms with Crippen molar-refractivity contribution >= 4 is 44.1 Å². The van der Waals surface area contributed by atoms with Gasteiger partial charge in [-0.15, -0.1) is 11.3 Å². The molecule has 1 aromatic carbocycles. The molecule has 0 radical (unpaired) electrons. The number of rotatable bonds is 3. The fourth-order valence-electron chi connectivity index (χ4n) is 3.11. The van der Waals surface area contributed by atoms with Gasteiger partial charge in [0.05, 0.1) is 11.1 Å². The largest absolute Gasteiger partial charge is 0.454 e. The fourth-order valence-corrected chi connectivity index (χ4v) is 4.05. The highest BCUT2D eigenvalue weighted by Crippen LogP contribution is 2.40. The first-order chi connectivity index (χ1) is 13.6. The predicted molar refractivity (Wildman–Crippen MR) is 109 cm³/mol. The summed E-state index contributed by atoms with van der Waals surface area (Å²) < 4.78 is 6.00. The summed E-state index contributed by atoms with van der Waals surface area (Å²) in [5.41, 5.74) is 14.0. The second-order valence-electron chi connectivity index (χ2n) is 6.18. The molecule has 7 nitrogen and oxygen atoms in total. The summed E-state index contributed by atoms with van der Waals surface area (Å²) in [4.78, 5) is 26.0. The third-order valence-corrected chi connectivity index (χ3v) is 5.50. The molecule has 0 aliphatic carbocycles. The van der Waals surface area contributed by atoms with E-state index >= 15 is 0 Å². The number of anilines is 1. The van der Waals surface area contributed by atoms with E-state index < -0.39 is 5.91 Å². The molecule has 0 fully saturated rings. The molecule has 5 aromatic rings. The van der Waals surface area contributed by atoms with Crippen molar-refractivity contribution in [1.29, 1.82) is 0 Å². The molecule has 4 aromatic heterocycles. The third-order valence-electron chi connectivity index (χ3n) is 4.39. The number of para-hydroxylation sites is 1. The third kappa shape index (κ3) is 2.50. The first-order valence-electron chi connectivity index (χ1n) is 8.41. The van der Waals surface area contributed by atoms with Crippen molar-refractivity contribution in [3.63, 3.8) is 0 Å². The van der Waals surface area contributed by atoms with E-state index in [1.54, 1.807) is 18.5 Å². The molecule has 1 amide bonds. The second kappa shape index (κ2) is 6.14. The number of hydrogen-bond donors (Lipinski definition) is 2. The van der Waals surface area contributed by atoms with Gasteiger partial charge in [-0.2, -0.15) is 0 Å². The quantitative estimate of drug-likeness (QED) is 0.485. The van der Waals surface area contributed by atoms with Crippen LogP contribution in [0.3, 0.4) is 0 Å². The number of benzene rings is 1. The van der Waals surface area contributed by atoms with Crippen LogP contribution in [-0.4, -0.2) is 20.9 Å². The minimum atomic E-state index is -0.598. The van der Waals surface area contributed by atoms with Gasteiger partial charge in [-0.05, 0) is 24.3 Å². The van der Waals surface area contributed by atoms with Crippen molar-refractivity contribution < 1.29 is 9.21 Å². The van der Waals surface area contributed by atoms with Gasteiger partial charge >= 0.3 is 0 Å². The van der Waals surface area contributed by atoms with Gasteiger partial charge < -0.3 is 15.9 Å². The molecule has 0 spiro atoms. The molecule has 28 heavy (non-hydrogen) atoms. The lowest BCUT2D eigenvalue weighted by atomic mass is 10.1. The summed E-state index contributed by atoms with van der Waals surface area (Å²) in [7, 11) is 0. The summed E-state index contributed by atoms with van der Waals surface area (Å²) in [6.07, 6.45) is 3.35. The number of hydrogen-bond acceptors (Lipinski definition) is 7. The Bertz CT molecular complexity index is 1320. The molecule has 0 atom stereocenters. The van der Waals surface area contributed by atoms with Gasteiger partial charge in [0.25, 0.3) is 5.91 Å². The Kier molecular flexibility index (Phi) is 3.59. The van der Waals surface area contributed by atoms with E-state index in [0.29, 0.717) is 27.5 Å². The number of primary amides is 1. The van der Waals surface area contributed by atoms with Gasteiger partial charge in [0.15, 0.2) is 11.6 Å². The molecule has 0 aliphatic rings. The average Bonchev–Trinajstić information content (AvgIpc) is 3.29. The van der Waals surface area contributed by atoms with Crippen LogP contribution in [0, 0.1) is 0 Å². The van der Waals surface area contributed by atoms with Crippen LogP contribution >= 0.6 is 11.3 Å². The maximum absolute atomic E-state index is 11.8. The molecule has 0 aliphatic heterocycles. The van der Waals surface area contributed by atoms with Crippen LogP contribution in [0.1, 0.15) is 9.67 Å². The second-order valence-corrected chi connectivity index (χ2v) is 7.17. The summed E-state index contributed by atoms with van der Waals surface area (Å²) >= 11 is 1.14. The number of nitrogens with zero attached hydrogens (tertiary/aromatic N) is 3. The molecule has 8 heteroatoms. The summed E-state index contributed by atoms with van der Waals surface area (Å²) in [6.45, 7) is 0. The van der Waals surface area contributed by atoms with Crippen LogP contribution < -0.4 is 11.5 Å². The van der Waals surface area contributed by atoms with E-state index in [4.69, 9.17) is 20.9 Å². The minimum Gasteiger partial charge on any atom is -0.454 e. The average molecular weight is 387 g/mol. The van der Waals surface area contributed by atoms with Crippen LogP contribution in [-0.2, 0) is 0 Å². The molecule has 5 rings (SSSR count). The van der Waals surface area contributed by atoms with Crippen molar-refractivity contribution in [3.8, 4) is 22.8 Å². The normalized spacial score (nSPS) is 11.3. The van der Waals surface area contributed by atoms with Crippen LogP contribution in [0.5, 0.6) is 0 Å². The summed E-state index contributed by atoms with van der Waals surface area (Å²) in [6, 6.07) is 13.2. The highest BCUT2D eigenvalue weighted by Gasteiger charge is 2.23. The topological polar surface area (TPSA) is 121 Å². The zero-order valence-electron chi connectivity index (χ0n) is 14.4. The first-order valence-corrected chi connectivity index (χ1v) is 9.22. The van der Waals surface area contributed by atoms with Crippen LogP contribution in [0.2, 0.25) is 0 Å². The zero-order chi connectivity index (χ0) is 19.3. The summed E-state index contributed by atoms with van der Waals surface area (Å²) in [5.74, 6) is 0.409. The number of nitrogens with two attached hydrogens (primary N) is 2. The Morgan fingerprint density at radius 1 is 1.11 bits per heavy atom. The number of nitrogen functional groups attached to an aromatic ring is 1. The molecule has 0 bridgehead atoms. The lowest BCUT2D eigenvalue weighted by molar-refractivity contribution is 0.100. The van der Waals surface area contributed by atoms with Crippen LogP contribution in [0.25, 0.3) is 44.0 Å². The van der Waals surface area contributed by atoms with Crippen LogP contribution in [0.4, 0.5) is 5.69 Å². The standard InChI is InChI=1S/C20H13N5O2S/c21-15-14-16(13-8-10-4-1-2-6-12(10)27-13)24-19(11-5-3-7-23-9-11)25-20(14)28-17(15)18(22)26/h1-9H,21H2,(H2,22,26). The maximum atomic E-state index is 11.8. The molecule has 0 saturated carbocycles. The lowest BCUT2D eigenvalue weighted by Gasteiger charge is -2.05. The fraction of sp³-hybridized carbons (Fsp3) is 0. The van der Waals surface area contributed by atoms with E-state index in [-0.39, 0.29) is 10.6 Å². The lowest BCUT2D eigenvalue weighted by Crippen LogP contribution is -2.10. The molecule has 0 saturated heterocycles. The van der Waals surface area contributed by atoms with E-state index in [2.05, 4.69) is 9.97 Å². The van der Waals surface area contributed by atoms with Gasteiger partial charge in [0.2, 0.25) is 0 Å². The van der Waals surface area contributed by atoms with Gasteiger partial charge in [-0.25, -0.2) is 9.97 Å². The number of thiophene rings is 1. The maximum Gasteiger partial charge on any atom is 0.260 e. The predicted octanol–water partition coefficient (Wildman–Crippen LogP) is 3.85. The molecular formula is C20H13N5O2S. The van der Waals surface area contributed by atoms with Gasteiger partial charge in [0, 0.05) is 23.3 Å². The molecule has 136 valence electrons. The zero-order valence-corrected chi connectivity index (χ0v) is 15.2. The highest BCUT2D eigenvalue weighted by molar-refractivity contribution is 7.21. The van der Waals surface area contributed by atoms with Crippen LogP contribution in [0.15, 0.2) is 59.3 Å². The van der Waals surface area contributed by atoms with Crippen molar-refractivity contribution in [2.45, 2.75) is 0 Å². The number of furan rings is 1. The van der Waals surface area contributed by atoms with Crippen molar-refractivity contribution in [2.24, 2.45) is 5.73 Å². The van der Waals surface area contributed by atoms with E-state index in [1.165, 1.54) is 0 Å². The number of fused-ring (bicyclic) bond motifs is 2. The number of aromatic nitrogens is 3. The molecule has 4 N–H and O–H groups in total. The van der Waals surface area contributed by atoms with E-state index in [9.17, 15) is 4.79 Å². The Morgan fingerprint density at radius 3 is 2.71 bits per heavy atom. The number of amides is 1. The van der Waals surface area contributed by atoms with Gasteiger partial charge in [-0.3, -0.25) is 9.78 Å². The van der Waals surface area contributed by atoms with Crippen molar-refractivity contribution in [2.75, 3.05) is 5.73 Å². The SMILES string of the molecule is NC(=O)c1sc2nc(-c3cccnc3)nc(-c3cc4ccccc4o3)c2c1N.